The Labute approximate surface area is 195 Å². The summed E-state index contributed by atoms with van der Waals surface area (Å²) in [6.45, 7) is 4.62. The van der Waals surface area contributed by atoms with E-state index in [1.807, 2.05) is 28.1 Å². The molecule has 0 aromatic heterocycles. The Morgan fingerprint density at radius 2 is 1.16 bits per heavy atom. The van der Waals surface area contributed by atoms with Gasteiger partial charge in [-0.2, -0.15) is 0 Å². The van der Waals surface area contributed by atoms with Gasteiger partial charge in [-0.3, -0.25) is 4.57 Å². The molecule has 2 unspecified atom stereocenters. The van der Waals surface area contributed by atoms with E-state index in [4.69, 9.17) is 4.52 Å². The van der Waals surface area contributed by atoms with Gasteiger partial charge in [-0.25, -0.2) is 0 Å². The lowest BCUT2D eigenvalue weighted by molar-refractivity contribution is -0.883. The van der Waals surface area contributed by atoms with E-state index >= 15 is 0 Å². The highest BCUT2D eigenvalue weighted by molar-refractivity contribution is 7.53. The minimum absolute atomic E-state index is 0.351. The SMILES string of the molecule is CCCCCCCCCC/C=C\CCCCCCCCOP(=O)(O)C(CC)[N+](C)(C)C. The molecule has 2 atom stereocenters. The number of hydrogen-bond donors (Lipinski definition) is 1. The second-order valence-corrected chi connectivity index (χ2v) is 12.0. The van der Waals surface area contributed by atoms with Gasteiger partial charge in [0.05, 0.1) is 27.7 Å². The number of quaternary nitrogens is 1. The van der Waals surface area contributed by atoms with E-state index in [1.54, 1.807) is 0 Å². The Balaban J connectivity index is 3.48. The summed E-state index contributed by atoms with van der Waals surface area (Å²) in [4.78, 5) is 10.3. The minimum atomic E-state index is -3.55. The first-order valence-corrected chi connectivity index (χ1v) is 14.8. The van der Waals surface area contributed by atoms with Crippen molar-refractivity contribution in [3.63, 3.8) is 0 Å². The van der Waals surface area contributed by atoms with Gasteiger partial charge in [-0.1, -0.05) is 96.6 Å². The Morgan fingerprint density at radius 1 is 0.742 bits per heavy atom. The Hall–Kier alpha value is -0.150. The third kappa shape index (κ3) is 18.0. The van der Waals surface area contributed by atoms with Crippen LogP contribution in [0, 0.1) is 0 Å². The zero-order valence-corrected chi connectivity index (χ0v) is 22.5. The van der Waals surface area contributed by atoms with Crippen molar-refractivity contribution in [2.24, 2.45) is 0 Å². The number of nitrogens with zero attached hydrogens (tertiary/aromatic N) is 1. The molecule has 0 aliphatic heterocycles. The summed E-state index contributed by atoms with van der Waals surface area (Å²) < 4.78 is 18.4. The molecular formula is C26H55NO3P+. The molecule has 31 heavy (non-hydrogen) atoms. The molecule has 186 valence electrons. The molecule has 1 N–H and O–H groups in total. The molecule has 0 heterocycles. The lowest BCUT2D eigenvalue weighted by atomic mass is 10.1. The van der Waals surface area contributed by atoms with Gasteiger partial charge >= 0.3 is 7.60 Å². The molecule has 0 aliphatic carbocycles. The van der Waals surface area contributed by atoms with Crippen molar-refractivity contribution < 1.29 is 18.5 Å². The largest absolute Gasteiger partial charge is 0.385 e. The Bertz CT molecular complexity index is 474. The van der Waals surface area contributed by atoms with Crippen molar-refractivity contribution in [1.82, 2.24) is 0 Å². The minimum Gasteiger partial charge on any atom is -0.320 e. The molecule has 0 amide bonds. The topological polar surface area (TPSA) is 46.5 Å². The third-order valence-corrected chi connectivity index (χ3v) is 8.43. The predicted molar refractivity (Wildman–Crippen MR) is 137 cm³/mol. The van der Waals surface area contributed by atoms with Crippen LogP contribution in [-0.2, 0) is 9.09 Å². The summed E-state index contributed by atoms with van der Waals surface area (Å²) >= 11 is 0. The van der Waals surface area contributed by atoms with Crippen molar-refractivity contribution >= 4 is 7.60 Å². The van der Waals surface area contributed by atoms with Crippen molar-refractivity contribution in [3.8, 4) is 0 Å². The van der Waals surface area contributed by atoms with E-state index in [0.717, 1.165) is 12.8 Å². The van der Waals surface area contributed by atoms with Gasteiger partial charge < -0.3 is 13.9 Å². The van der Waals surface area contributed by atoms with Gasteiger partial charge in [0.15, 0.2) is 5.78 Å². The summed E-state index contributed by atoms with van der Waals surface area (Å²) in [6, 6.07) is 0. The summed E-state index contributed by atoms with van der Waals surface area (Å²) in [5.74, 6) is -0.351. The van der Waals surface area contributed by atoms with Gasteiger partial charge in [0.1, 0.15) is 0 Å². The Morgan fingerprint density at radius 3 is 1.58 bits per heavy atom. The molecule has 0 aromatic carbocycles. The smallest absolute Gasteiger partial charge is 0.320 e. The fraction of sp³-hybridized carbons (Fsp3) is 0.923. The Kier molecular flexibility index (Phi) is 19.2. The number of rotatable bonds is 22. The van der Waals surface area contributed by atoms with Gasteiger partial charge in [-0.15, -0.1) is 0 Å². The second kappa shape index (κ2) is 19.3. The molecular weight excluding hydrogens is 405 g/mol. The van der Waals surface area contributed by atoms with Crippen LogP contribution in [0.3, 0.4) is 0 Å². The van der Waals surface area contributed by atoms with Gasteiger partial charge in [0.2, 0.25) is 0 Å². The maximum absolute atomic E-state index is 12.5. The predicted octanol–water partition coefficient (Wildman–Crippen LogP) is 8.45. The van der Waals surface area contributed by atoms with Crippen LogP contribution in [0.1, 0.15) is 123 Å². The van der Waals surface area contributed by atoms with Crippen LogP contribution in [0.25, 0.3) is 0 Å². The normalized spacial score (nSPS) is 15.4. The second-order valence-electron chi connectivity index (χ2n) is 10.0. The zero-order chi connectivity index (χ0) is 23.4. The maximum atomic E-state index is 12.5. The van der Waals surface area contributed by atoms with E-state index in [1.165, 1.54) is 89.9 Å². The highest BCUT2D eigenvalue weighted by Gasteiger charge is 2.41. The molecule has 0 saturated heterocycles. The zero-order valence-electron chi connectivity index (χ0n) is 21.6. The summed E-state index contributed by atoms with van der Waals surface area (Å²) in [6.07, 6.45) is 25.9. The molecule has 0 aromatic rings. The van der Waals surface area contributed by atoms with E-state index < -0.39 is 7.60 Å². The summed E-state index contributed by atoms with van der Waals surface area (Å²) in [5.41, 5.74) is 0. The van der Waals surface area contributed by atoms with Crippen molar-refractivity contribution in [2.75, 3.05) is 27.7 Å². The van der Waals surface area contributed by atoms with E-state index in [2.05, 4.69) is 19.1 Å². The molecule has 0 aliphatic rings. The average Bonchev–Trinajstić information content (AvgIpc) is 2.68. The quantitative estimate of drug-likeness (QED) is 0.0763. The molecule has 5 heteroatoms. The van der Waals surface area contributed by atoms with Crippen LogP contribution in [0.5, 0.6) is 0 Å². The average molecular weight is 461 g/mol. The van der Waals surface area contributed by atoms with Crippen LogP contribution in [0.4, 0.5) is 0 Å². The maximum Gasteiger partial charge on any atom is 0.385 e. The van der Waals surface area contributed by atoms with Gasteiger partial charge in [0.25, 0.3) is 0 Å². The van der Waals surface area contributed by atoms with E-state index in [9.17, 15) is 9.46 Å². The number of hydrogen-bond acceptors (Lipinski definition) is 2. The van der Waals surface area contributed by atoms with Crippen LogP contribution in [-0.4, -0.2) is 42.9 Å². The standard InChI is InChI=1S/C26H54NO3P/c1-6-8-9-10-11-12-13-14-15-16-17-18-19-20-21-22-23-24-25-30-31(28,29)26(7-2)27(3,4)5/h16-17,26H,6-15,18-25H2,1-5H3/p+1/b17-16-. The molecule has 0 fully saturated rings. The first-order chi connectivity index (χ1) is 14.8. The van der Waals surface area contributed by atoms with E-state index in [0.29, 0.717) is 17.5 Å². The molecule has 0 saturated carbocycles. The fourth-order valence-corrected chi connectivity index (χ4v) is 6.10. The van der Waals surface area contributed by atoms with Crippen LogP contribution in [0.2, 0.25) is 0 Å². The van der Waals surface area contributed by atoms with Crippen LogP contribution < -0.4 is 0 Å². The highest BCUT2D eigenvalue weighted by atomic mass is 31.2. The third-order valence-electron chi connectivity index (χ3n) is 6.07. The lowest BCUT2D eigenvalue weighted by Gasteiger charge is -2.35. The highest BCUT2D eigenvalue weighted by Crippen LogP contribution is 2.51. The lowest BCUT2D eigenvalue weighted by Crippen LogP contribution is -2.44. The van der Waals surface area contributed by atoms with Gasteiger partial charge in [0, 0.05) is 6.42 Å². The van der Waals surface area contributed by atoms with Crippen molar-refractivity contribution in [1.29, 1.82) is 0 Å². The van der Waals surface area contributed by atoms with E-state index in [-0.39, 0.29) is 5.78 Å². The van der Waals surface area contributed by atoms with Crippen LogP contribution >= 0.6 is 7.60 Å². The molecule has 0 rings (SSSR count). The van der Waals surface area contributed by atoms with Crippen molar-refractivity contribution in [3.05, 3.63) is 12.2 Å². The fourth-order valence-electron chi connectivity index (χ4n) is 4.20. The molecule has 0 radical (unpaired) electrons. The number of unbranched alkanes of at least 4 members (excludes halogenated alkanes) is 14. The van der Waals surface area contributed by atoms with Crippen molar-refractivity contribution in [2.45, 2.75) is 129 Å². The molecule has 4 nitrogen and oxygen atoms in total. The van der Waals surface area contributed by atoms with Gasteiger partial charge in [-0.05, 0) is 32.1 Å². The summed E-state index contributed by atoms with van der Waals surface area (Å²) in [7, 11) is 2.30. The molecule has 0 spiro atoms. The monoisotopic (exact) mass is 460 g/mol. The molecule has 0 bridgehead atoms. The first-order valence-electron chi connectivity index (χ1n) is 13.2. The summed E-state index contributed by atoms with van der Waals surface area (Å²) in [5, 5.41) is 0. The first kappa shape index (κ1) is 30.9. The van der Waals surface area contributed by atoms with Crippen LogP contribution in [0.15, 0.2) is 12.2 Å². The number of allylic oxidation sites excluding steroid dienone is 2.